The van der Waals surface area contributed by atoms with Gasteiger partial charge in [-0.25, -0.2) is 9.37 Å². The molecule has 2 aromatic rings. The molecule has 0 amide bonds. The van der Waals surface area contributed by atoms with Gasteiger partial charge in [-0.2, -0.15) is 5.10 Å². The Morgan fingerprint density at radius 1 is 1.37 bits per heavy atom. The van der Waals surface area contributed by atoms with E-state index >= 15 is 0 Å². The van der Waals surface area contributed by atoms with Crippen molar-refractivity contribution in [1.82, 2.24) is 25.1 Å². The minimum absolute atomic E-state index is 0.000376. The average molecular weight is 263 g/mol. The summed E-state index contributed by atoms with van der Waals surface area (Å²) in [5.74, 6) is 0.583. The standard InChI is InChI=1S/C13H18FN5/c1-3-6-19-13(17-9-18-19)7-12(15-2)11-5-4-10(14)8-16-11/h4-5,8-9,12,15H,3,6-7H2,1-2H3. The van der Waals surface area contributed by atoms with Gasteiger partial charge in [0.1, 0.15) is 18.0 Å². The number of halogens is 1. The summed E-state index contributed by atoms with van der Waals surface area (Å²) in [4.78, 5) is 8.39. The molecular weight excluding hydrogens is 245 g/mol. The Balaban J connectivity index is 2.14. The summed E-state index contributed by atoms with van der Waals surface area (Å²) in [5, 5.41) is 7.38. The van der Waals surface area contributed by atoms with Gasteiger partial charge >= 0.3 is 0 Å². The Morgan fingerprint density at radius 3 is 2.84 bits per heavy atom. The molecule has 1 N–H and O–H groups in total. The number of aryl methyl sites for hydroxylation is 1. The Bertz CT molecular complexity index is 508. The molecule has 0 aliphatic rings. The van der Waals surface area contributed by atoms with Crippen molar-refractivity contribution in [2.75, 3.05) is 7.05 Å². The molecule has 0 saturated carbocycles. The predicted molar refractivity (Wildman–Crippen MR) is 70.0 cm³/mol. The highest BCUT2D eigenvalue weighted by Crippen LogP contribution is 2.15. The van der Waals surface area contributed by atoms with E-state index in [0.717, 1.165) is 24.5 Å². The van der Waals surface area contributed by atoms with E-state index in [1.165, 1.54) is 12.3 Å². The number of nitrogens with zero attached hydrogens (tertiary/aromatic N) is 4. The lowest BCUT2D eigenvalue weighted by Crippen LogP contribution is -2.22. The van der Waals surface area contributed by atoms with E-state index in [9.17, 15) is 4.39 Å². The van der Waals surface area contributed by atoms with Crippen LogP contribution in [0.2, 0.25) is 0 Å². The van der Waals surface area contributed by atoms with Gasteiger partial charge in [-0.05, 0) is 25.6 Å². The van der Waals surface area contributed by atoms with Crippen molar-refractivity contribution >= 4 is 0 Å². The quantitative estimate of drug-likeness (QED) is 0.862. The van der Waals surface area contributed by atoms with E-state index in [2.05, 4.69) is 27.3 Å². The van der Waals surface area contributed by atoms with Crippen LogP contribution in [-0.2, 0) is 13.0 Å². The van der Waals surface area contributed by atoms with Crippen LogP contribution in [-0.4, -0.2) is 26.8 Å². The second-order valence-electron chi connectivity index (χ2n) is 4.35. The molecular formula is C13H18FN5. The predicted octanol–water partition coefficient (Wildman–Crippen LogP) is 1.73. The molecule has 0 saturated heterocycles. The van der Waals surface area contributed by atoms with E-state index < -0.39 is 0 Å². The first-order chi connectivity index (χ1) is 9.24. The van der Waals surface area contributed by atoms with Crippen molar-refractivity contribution in [2.24, 2.45) is 0 Å². The molecule has 1 atom stereocenters. The number of nitrogens with one attached hydrogen (secondary N) is 1. The SMILES string of the molecule is CCCn1ncnc1CC(NC)c1ccc(F)cn1. The lowest BCUT2D eigenvalue weighted by Gasteiger charge is -2.15. The van der Waals surface area contributed by atoms with Gasteiger partial charge in [0, 0.05) is 13.0 Å². The highest BCUT2D eigenvalue weighted by atomic mass is 19.1. The lowest BCUT2D eigenvalue weighted by atomic mass is 10.1. The summed E-state index contributed by atoms with van der Waals surface area (Å²) in [6.07, 6.45) is 4.48. The third-order valence-electron chi connectivity index (χ3n) is 2.97. The molecule has 102 valence electrons. The number of aromatic nitrogens is 4. The molecule has 1 unspecified atom stereocenters. The van der Waals surface area contributed by atoms with Crippen LogP contribution in [0.4, 0.5) is 4.39 Å². The van der Waals surface area contributed by atoms with Crippen molar-refractivity contribution in [3.05, 3.63) is 42.0 Å². The Labute approximate surface area is 111 Å². The zero-order valence-electron chi connectivity index (χ0n) is 11.2. The van der Waals surface area contributed by atoms with Gasteiger partial charge in [0.2, 0.25) is 0 Å². The van der Waals surface area contributed by atoms with Crippen molar-refractivity contribution in [3.63, 3.8) is 0 Å². The topological polar surface area (TPSA) is 55.6 Å². The lowest BCUT2D eigenvalue weighted by molar-refractivity contribution is 0.508. The van der Waals surface area contributed by atoms with Gasteiger partial charge in [0.25, 0.3) is 0 Å². The highest BCUT2D eigenvalue weighted by molar-refractivity contribution is 5.11. The molecule has 0 spiro atoms. The van der Waals surface area contributed by atoms with Crippen molar-refractivity contribution in [3.8, 4) is 0 Å². The first-order valence-electron chi connectivity index (χ1n) is 6.40. The minimum atomic E-state index is -0.326. The Hall–Kier alpha value is -1.82. The molecule has 2 heterocycles. The second-order valence-corrected chi connectivity index (χ2v) is 4.35. The number of rotatable bonds is 6. The molecule has 5 nitrogen and oxygen atoms in total. The normalized spacial score (nSPS) is 12.6. The second kappa shape index (κ2) is 6.38. The van der Waals surface area contributed by atoms with Gasteiger partial charge < -0.3 is 5.32 Å². The van der Waals surface area contributed by atoms with Crippen LogP contribution >= 0.6 is 0 Å². The van der Waals surface area contributed by atoms with E-state index in [-0.39, 0.29) is 11.9 Å². The molecule has 2 aromatic heterocycles. The van der Waals surface area contributed by atoms with Crippen LogP contribution in [0.25, 0.3) is 0 Å². The largest absolute Gasteiger partial charge is 0.311 e. The Morgan fingerprint density at radius 2 is 2.21 bits per heavy atom. The van der Waals surface area contributed by atoms with Gasteiger partial charge in [-0.15, -0.1) is 0 Å². The van der Waals surface area contributed by atoms with Crippen LogP contribution in [0.5, 0.6) is 0 Å². The summed E-state index contributed by atoms with van der Waals surface area (Å²) in [6.45, 7) is 2.95. The fourth-order valence-corrected chi connectivity index (χ4v) is 1.98. The monoisotopic (exact) mass is 263 g/mol. The maximum absolute atomic E-state index is 12.9. The molecule has 19 heavy (non-hydrogen) atoms. The Kier molecular flexibility index (Phi) is 4.57. The van der Waals surface area contributed by atoms with Crippen LogP contribution in [0, 0.1) is 5.82 Å². The average Bonchev–Trinajstić information content (AvgIpc) is 2.85. The molecule has 0 bridgehead atoms. The maximum atomic E-state index is 12.9. The summed E-state index contributed by atoms with van der Waals surface area (Å²) in [6, 6.07) is 3.11. The van der Waals surface area contributed by atoms with Gasteiger partial charge in [-0.3, -0.25) is 9.67 Å². The first-order valence-corrected chi connectivity index (χ1v) is 6.40. The zero-order chi connectivity index (χ0) is 13.7. The number of hydrogen-bond acceptors (Lipinski definition) is 4. The fourth-order valence-electron chi connectivity index (χ4n) is 1.98. The van der Waals surface area contributed by atoms with Crippen LogP contribution in [0.1, 0.15) is 30.9 Å². The van der Waals surface area contributed by atoms with Gasteiger partial charge in [-0.1, -0.05) is 6.92 Å². The maximum Gasteiger partial charge on any atom is 0.141 e. The molecule has 6 heteroatoms. The van der Waals surface area contributed by atoms with E-state index in [4.69, 9.17) is 0 Å². The van der Waals surface area contributed by atoms with E-state index in [0.29, 0.717) is 6.42 Å². The summed E-state index contributed by atoms with van der Waals surface area (Å²) in [5.41, 5.74) is 0.801. The third-order valence-corrected chi connectivity index (χ3v) is 2.97. The fraction of sp³-hybridized carbons (Fsp3) is 0.462. The number of likely N-dealkylation sites (N-methyl/N-ethyl adjacent to an activating group) is 1. The molecule has 0 radical (unpaired) electrons. The van der Waals surface area contributed by atoms with Crippen LogP contribution < -0.4 is 5.32 Å². The minimum Gasteiger partial charge on any atom is -0.311 e. The van der Waals surface area contributed by atoms with Gasteiger partial charge in [0.15, 0.2) is 0 Å². The first kappa shape index (κ1) is 13.6. The summed E-state index contributed by atoms with van der Waals surface area (Å²) >= 11 is 0. The van der Waals surface area contributed by atoms with Crippen LogP contribution in [0.15, 0.2) is 24.7 Å². The van der Waals surface area contributed by atoms with Crippen molar-refractivity contribution in [1.29, 1.82) is 0 Å². The third kappa shape index (κ3) is 3.35. The number of pyridine rings is 1. The van der Waals surface area contributed by atoms with Gasteiger partial charge in [0.05, 0.1) is 17.9 Å². The van der Waals surface area contributed by atoms with Crippen LogP contribution in [0.3, 0.4) is 0 Å². The van der Waals surface area contributed by atoms with Crippen molar-refractivity contribution < 1.29 is 4.39 Å². The number of hydrogen-bond donors (Lipinski definition) is 1. The molecule has 2 rings (SSSR count). The van der Waals surface area contributed by atoms with E-state index in [1.807, 2.05) is 11.7 Å². The summed E-state index contributed by atoms with van der Waals surface area (Å²) < 4.78 is 14.8. The van der Waals surface area contributed by atoms with Crippen molar-refractivity contribution in [2.45, 2.75) is 32.4 Å². The summed E-state index contributed by atoms with van der Waals surface area (Å²) in [7, 11) is 1.86. The molecule has 0 fully saturated rings. The van der Waals surface area contributed by atoms with E-state index in [1.54, 1.807) is 12.4 Å². The smallest absolute Gasteiger partial charge is 0.141 e. The molecule has 0 aliphatic carbocycles. The zero-order valence-corrected chi connectivity index (χ0v) is 11.2. The molecule has 0 aromatic carbocycles. The highest BCUT2D eigenvalue weighted by Gasteiger charge is 2.15. The molecule has 0 aliphatic heterocycles.